The predicted molar refractivity (Wildman–Crippen MR) is 47.3 cm³/mol. The summed E-state index contributed by atoms with van der Waals surface area (Å²) in [6.07, 6.45) is 9.01. The highest BCUT2D eigenvalue weighted by atomic mass is 79.9. The Morgan fingerprint density at radius 1 is 1.09 bits per heavy atom. The number of carbonyl (C=O) groups excluding carboxylic acids is 1. The van der Waals surface area contributed by atoms with Crippen LogP contribution >= 0.6 is 15.9 Å². The Morgan fingerprint density at radius 3 is 2.64 bits per heavy atom. The van der Waals surface area contributed by atoms with E-state index in [1.807, 2.05) is 18.2 Å². The third-order valence-corrected chi connectivity index (χ3v) is 2.41. The Kier molecular flexibility index (Phi) is 1.43. The van der Waals surface area contributed by atoms with Crippen LogP contribution in [0.1, 0.15) is 0 Å². The molecule has 0 saturated carbocycles. The van der Waals surface area contributed by atoms with Gasteiger partial charge in [-0.25, -0.2) is 0 Å². The molecule has 2 aliphatic rings. The van der Waals surface area contributed by atoms with E-state index in [0.717, 1.165) is 15.6 Å². The average Bonchev–Trinajstić information content (AvgIpc) is 2.35. The van der Waals surface area contributed by atoms with E-state index in [2.05, 4.69) is 15.9 Å². The van der Waals surface area contributed by atoms with Gasteiger partial charge >= 0.3 is 0 Å². The van der Waals surface area contributed by atoms with Crippen molar-refractivity contribution < 1.29 is 4.79 Å². The smallest absolute Gasteiger partial charge is 0.186 e. The van der Waals surface area contributed by atoms with Crippen molar-refractivity contribution in [1.82, 2.24) is 0 Å². The van der Waals surface area contributed by atoms with Crippen LogP contribution in [0.4, 0.5) is 0 Å². The highest BCUT2D eigenvalue weighted by Crippen LogP contribution is 2.32. The van der Waals surface area contributed by atoms with Gasteiger partial charge in [-0.3, -0.25) is 4.79 Å². The molecule has 0 radical (unpaired) electrons. The summed E-state index contributed by atoms with van der Waals surface area (Å²) in [6.45, 7) is 0. The van der Waals surface area contributed by atoms with Gasteiger partial charge in [-0.15, -0.1) is 0 Å². The zero-order valence-electron chi connectivity index (χ0n) is 5.67. The summed E-state index contributed by atoms with van der Waals surface area (Å²) < 4.78 is 0.991. The maximum atomic E-state index is 11.2. The Balaban J connectivity index is 2.53. The number of fused-ring (bicyclic) bond motifs is 1. The van der Waals surface area contributed by atoms with E-state index in [-0.39, 0.29) is 5.78 Å². The molecule has 1 nitrogen and oxygen atoms in total. The van der Waals surface area contributed by atoms with Crippen LogP contribution in [0.25, 0.3) is 0 Å². The summed E-state index contributed by atoms with van der Waals surface area (Å²) in [7, 11) is 0. The molecular weight excluding hydrogens is 204 g/mol. The van der Waals surface area contributed by atoms with Crippen molar-refractivity contribution in [2.45, 2.75) is 0 Å². The van der Waals surface area contributed by atoms with Crippen LogP contribution in [-0.2, 0) is 4.79 Å². The maximum Gasteiger partial charge on any atom is 0.186 e. The maximum absolute atomic E-state index is 11.2. The zero-order chi connectivity index (χ0) is 7.84. The standard InChI is InChI=1S/C9H5BrO/c10-8-5-4-7-6(8)2-1-3-9(7)11/h1-5H. The number of halogens is 1. The second kappa shape index (κ2) is 2.31. The lowest BCUT2D eigenvalue weighted by atomic mass is 10.0. The van der Waals surface area contributed by atoms with E-state index >= 15 is 0 Å². The molecule has 0 amide bonds. The molecule has 0 aromatic rings. The molecule has 0 unspecified atom stereocenters. The predicted octanol–water partition coefficient (Wildman–Crippen LogP) is 2.27. The topological polar surface area (TPSA) is 17.1 Å². The summed E-state index contributed by atoms with van der Waals surface area (Å²) in [6, 6.07) is 0. The molecule has 0 saturated heterocycles. The number of hydrogen-bond acceptors (Lipinski definition) is 1. The van der Waals surface area contributed by atoms with Crippen molar-refractivity contribution in [2.24, 2.45) is 0 Å². The van der Waals surface area contributed by atoms with Gasteiger partial charge in [-0.2, -0.15) is 0 Å². The van der Waals surface area contributed by atoms with E-state index in [1.54, 1.807) is 12.2 Å². The van der Waals surface area contributed by atoms with Gasteiger partial charge in [0, 0.05) is 10.1 Å². The first-order chi connectivity index (χ1) is 5.29. The number of ketones is 1. The molecule has 11 heavy (non-hydrogen) atoms. The van der Waals surface area contributed by atoms with Crippen molar-refractivity contribution in [1.29, 1.82) is 0 Å². The second-order valence-corrected chi connectivity index (χ2v) is 3.25. The summed E-state index contributed by atoms with van der Waals surface area (Å²) in [4.78, 5) is 11.2. The van der Waals surface area contributed by atoms with Gasteiger partial charge in [0.15, 0.2) is 5.78 Å². The quantitative estimate of drug-likeness (QED) is 0.598. The summed E-state index contributed by atoms with van der Waals surface area (Å²) in [5.74, 6) is 0.0909. The highest BCUT2D eigenvalue weighted by molar-refractivity contribution is 9.12. The monoisotopic (exact) mass is 208 g/mol. The second-order valence-electron chi connectivity index (χ2n) is 2.40. The van der Waals surface area contributed by atoms with Crippen LogP contribution in [0.2, 0.25) is 0 Å². The molecule has 0 heterocycles. The molecule has 2 rings (SSSR count). The third kappa shape index (κ3) is 0.942. The molecule has 2 aliphatic carbocycles. The van der Waals surface area contributed by atoms with Crippen LogP contribution in [0, 0.1) is 0 Å². The first kappa shape index (κ1) is 6.80. The molecule has 54 valence electrons. The fourth-order valence-corrected chi connectivity index (χ4v) is 1.65. The first-order valence-electron chi connectivity index (χ1n) is 3.30. The van der Waals surface area contributed by atoms with Gasteiger partial charge in [0.2, 0.25) is 0 Å². The lowest BCUT2D eigenvalue weighted by Gasteiger charge is -2.05. The van der Waals surface area contributed by atoms with Gasteiger partial charge in [-0.1, -0.05) is 28.1 Å². The van der Waals surface area contributed by atoms with E-state index in [4.69, 9.17) is 0 Å². The zero-order valence-corrected chi connectivity index (χ0v) is 7.26. The van der Waals surface area contributed by atoms with Crippen molar-refractivity contribution in [3.8, 4) is 0 Å². The Labute approximate surface area is 72.9 Å². The fourth-order valence-electron chi connectivity index (χ4n) is 1.17. The number of allylic oxidation sites excluding steroid dienone is 8. The molecule has 0 bridgehead atoms. The van der Waals surface area contributed by atoms with Crippen molar-refractivity contribution in [3.05, 3.63) is 46.0 Å². The van der Waals surface area contributed by atoms with Crippen LogP contribution < -0.4 is 0 Å². The molecule has 0 atom stereocenters. The molecule has 0 fully saturated rings. The van der Waals surface area contributed by atoms with Crippen molar-refractivity contribution in [2.75, 3.05) is 0 Å². The van der Waals surface area contributed by atoms with E-state index in [0.29, 0.717) is 0 Å². The largest absolute Gasteiger partial charge is 0.289 e. The minimum atomic E-state index is 0.0909. The minimum absolute atomic E-state index is 0.0909. The van der Waals surface area contributed by atoms with Gasteiger partial charge < -0.3 is 0 Å². The molecule has 2 heteroatoms. The normalized spacial score (nSPS) is 20.8. The number of hydrogen-bond donors (Lipinski definition) is 0. The SMILES string of the molecule is O=C1C=CC=C2C(Br)=CC=C12. The van der Waals surface area contributed by atoms with E-state index < -0.39 is 0 Å². The molecule has 0 aliphatic heterocycles. The van der Waals surface area contributed by atoms with E-state index in [9.17, 15) is 4.79 Å². The van der Waals surface area contributed by atoms with Crippen molar-refractivity contribution in [3.63, 3.8) is 0 Å². The molecule has 0 aromatic carbocycles. The molecule has 0 N–H and O–H groups in total. The fraction of sp³-hybridized carbons (Fsp3) is 0. The number of rotatable bonds is 0. The van der Waals surface area contributed by atoms with Crippen molar-refractivity contribution >= 4 is 21.7 Å². The summed E-state index contributed by atoms with van der Waals surface area (Å²) in [5.41, 5.74) is 1.79. The highest BCUT2D eigenvalue weighted by Gasteiger charge is 2.19. The number of carbonyl (C=O) groups is 1. The molecule has 0 spiro atoms. The van der Waals surface area contributed by atoms with Crippen LogP contribution in [0.5, 0.6) is 0 Å². The first-order valence-corrected chi connectivity index (χ1v) is 4.09. The van der Waals surface area contributed by atoms with Crippen LogP contribution in [0.3, 0.4) is 0 Å². The Bertz CT molecular complexity index is 343. The lowest BCUT2D eigenvalue weighted by molar-refractivity contribution is -0.111. The third-order valence-electron chi connectivity index (χ3n) is 1.72. The Morgan fingerprint density at radius 2 is 1.91 bits per heavy atom. The molecular formula is C9H5BrO. The van der Waals surface area contributed by atoms with Gasteiger partial charge in [0.05, 0.1) is 0 Å². The Hall–Kier alpha value is -0.890. The van der Waals surface area contributed by atoms with Gasteiger partial charge in [-0.05, 0) is 23.8 Å². The van der Waals surface area contributed by atoms with Crippen LogP contribution in [-0.4, -0.2) is 5.78 Å². The van der Waals surface area contributed by atoms with Gasteiger partial charge in [0.1, 0.15) is 0 Å². The van der Waals surface area contributed by atoms with E-state index in [1.165, 1.54) is 0 Å². The average molecular weight is 209 g/mol. The molecule has 0 aromatic heterocycles. The lowest BCUT2D eigenvalue weighted by Crippen LogP contribution is -2.02. The van der Waals surface area contributed by atoms with Crippen LogP contribution in [0.15, 0.2) is 46.0 Å². The summed E-state index contributed by atoms with van der Waals surface area (Å²) in [5, 5.41) is 0. The minimum Gasteiger partial charge on any atom is -0.289 e. The van der Waals surface area contributed by atoms with Gasteiger partial charge in [0.25, 0.3) is 0 Å². The summed E-state index contributed by atoms with van der Waals surface area (Å²) >= 11 is 3.36.